The second-order valence-electron chi connectivity index (χ2n) is 4.69. The normalized spacial score (nSPS) is 11.2. The summed E-state index contributed by atoms with van der Waals surface area (Å²) < 4.78 is 1.11. The number of hydrogen-bond acceptors (Lipinski definition) is 3. The van der Waals surface area contributed by atoms with Crippen LogP contribution in [-0.4, -0.2) is 52.5 Å². The van der Waals surface area contributed by atoms with Gasteiger partial charge in [0.25, 0.3) is 5.91 Å². The smallest absolute Gasteiger partial charge is 0.290 e. The van der Waals surface area contributed by atoms with Gasteiger partial charge in [0.2, 0.25) is 0 Å². The van der Waals surface area contributed by atoms with Gasteiger partial charge in [-0.2, -0.15) is 0 Å². The Bertz CT molecular complexity index is 606. The van der Waals surface area contributed by atoms with Crippen molar-refractivity contribution < 1.29 is 4.79 Å². The first-order valence-corrected chi connectivity index (χ1v) is 7.76. The maximum absolute atomic E-state index is 12.4. The molecule has 0 spiro atoms. The maximum atomic E-state index is 12.4. The molecule has 0 aliphatic heterocycles. The molecule has 0 fully saturated rings. The van der Waals surface area contributed by atoms with Gasteiger partial charge in [0, 0.05) is 10.6 Å². The average molecular weight is 386 g/mol. The number of imidazole rings is 1. The van der Waals surface area contributed by atoms with Gasteiger partial charge in [-0.25, -0.2) is 4.98 Å². The second-order valence-corrected chi connectivity index (χ2v) is 5.94. The lowest BCUT2D eigenvalue weighted by Gasteiger charge is -2.25. The summed E-state index contributed by atoms with van der Waals surface area (Å²) in [6.07, 6.45) is 0. The molecule has 6 heteroatoms. The van der Waals surface area contributed by atoms with Gasteiger partial charge in [0.05, 0.1) is 17.7 Å². The molecule has 5 nitrogen and oxygen atoms in total. The molecule has 20 heavy (non-hydrogen) atoms. The third-order valence-electron chi connectivity index (χ3n) is 3.30. The van der Waals surface area contributed by atoms with Gasteiger partial charge in [-0.05, 0) is 53.9 Å². The summed E-state index contributed by atoms with van der Waals surface area (Å²) in [5.74, 6) is 0.319. The molecule has 1 heterocycles. The second kappa shape index (κ2) is 6.53. The summed E-state index contributed by atoms with van der Waals surface area (Å²) in [4.78, 5) is 23.7. The first kappa shape index (κ1) is 15.2. The van der Waals surface area contributed by atoms with Crippen molar-refractivity contribution in [2.45, 2.75) is 13.8 Å². The third kappa shape index (κ3) is 3.29. The van der Waals surface area contributed by atoms with E-state index in [-0.39, 0.29) is 5.91 Å². The zero-order valence-electron chi connectivity index (χ0n) is 12.0. The Balaban J connectivity index is 2.18. The Kier molecular flexibility index (Phi) is 4.98. The topological polar surface area (TPSA) is 52.2 Å². The number of benzene rings is 1. The zero-order chi connectivity index (χ0) is 14.7. The average Bonchev–Trinajstić information content (AvgIpc) is 2.86. The van der Waals surface area contributed by atoms with Crippen molar-refractivity contribution in [3.8, 4) is 0 Å². The molecule has 1 amide bonds. The maximum Gasteiger partial charge on any atom is 0.290 e. The number of nitrogens with one attached hydrogen (secondary N) is 1. The fraction of sp³-hybridized carbons (Fsp3) is 0.429. The molecule has 1 N–H and O–H groups in total. The molecule has 0 aliphatic rings. The number of carbonyl (C=O) groups excluding carboxylic acids is 1. The Morgan fingerprint density at radius 2 is 2.05 bits per heavy atom. The highest BCUT2D eigenvalue weighted by molar-refractivity contribution is 14.1. The van der Waals surface area contributed by atoms with Crippen molar-refractivity contribution in [3.05, 3.63) is 27.6 Å². The number of fused-ring (bicyclic) bond motifs is 1. The van der Waals surface area contributed by atoms with E-state index < -0.39 is 0 Å². The lowest BCUT2D eigenvalue weighted by Crippen LogP contribution is -2.39. The van der Waals surface area contributed by atoms with Gasteiger partial charge in [-0.3, -0.25) is 9.69 Å². The Morgan fingerprint density at radius 1 is 1.35 bits per heavy atom. The number of halogens is 1. The van der Waals surface area contributed by atoms with Gasteiger partial charge in [-0.15, -0.1) is 0 Å². The first-order chi connectivity index (χ1) is 9.55. The molecule has 0 radical (unpaired) electrons. The molecule has 2 aromatic rings. The monoisotopic (exact) mass is 386 g/mol. The molecule has 0 aliphatic carbocycles. The van der Waals surface area contributed by atoms with Crippen molar-refractivity contribution in [1.82, 2.24) is 19.8 Å². The van der Waals surface area contributed by atoms with Crippen molar-refractivity contribution in [1.29, 1.82) is 0 Å². The van der Waals surface area contributed by atoms with E-state index >= 15 is 0 Å². The number of amides is 1. The van der Waals surface area contributed by atoms with Gasteiger partial charge >= 0.3 is 0 Å². The van der Waals surface area contributed by atoms with Crippen molar-refractivity contribution in [2.24, 2.45) is 0 Å². The fourth-order valence-corrected chi connectivity index (χ4v) is 2.52. The molecular formula is C14H19IN4O. The molecule has 0 saturated heterocycles. The fourth-order valence-electron chi connectivity index (χ4n) is 2.05. The molecule has 1 aromatic carbocycles. The minimum absolute atomic E-state index is 0.0805. The quantitative estimate of drug-likeness (QED) is 0.635. The van der Waals surface area contributed by atoms with E-state index in [1.165, 1.54) is 0 Å². The number of H-pyrrole nitrogens is 1. The number of aromatic amines is 1. The van der Waals surface area contributed by atoms with Gasteiger partial charge < -0.3 is 9.88 Å². The summed E-state index contributed by atoms with van der Waals surface area (Å²) in [5, 5.41) is 0. The molecule has 0 saturated carbocycles. The first-order valence-electron chi connectivity index (χ1n) is 6.68. The largest absolute Gasteiger partial charge is 0.334 e. The van der Waals surface area contributed by atoms with E-state index in [9.17, 15) is 4.79 Å². The molecular weight excluding hydrogens is 367 g/mol. The highest BCUT2D eigenvalue weighted by Gasteiger charge is 2.17. The SMILES string of the molecule is CCN(CC)CN(C)C(=O)c1nc2cc(I)ccc2[nH]1. The number of nitrogens with zero attached hydrogens (tertiary/aromatic N) is 3. The molecule has 1 aromatic heterocycles. The van der Waals surface area contributed by atoms with Crippen molar-refractivity contribution in [2.75, 3.05) is 26.8 Å². The Labute approximate surface area is 132 Å². The van der Waals surface area contributed by atoms with E-state index in [4.69, 9.17) is 0 Å². The van der Waals surface area contributed by atoms with Gasteiger partial charge in [0.1, 0.15) is 0 Å². The number of aromatic nitrogens is 2. The lowest BCUT2D eigenvalue weighted by molar-refractivity contribution is 0.0685. The van der Waals surface area contributed by atoms with E-state index in [0.29, 0.717) is 12.5 Å². The predicted molar refractivity (Wildman–Crippen MR) is 88.7 cm³/mol. The molecule has 108 valence electrons. The van der Waals surface area contributed by atoms with Crippen LogP contribution in [0, 0.1) is 3.57 Å². The van der Waals surface area contributed by atoms with Crippen LogP contribution in [0.5, 0.6) is 0 Å². The summed E-state index contributed by atoms with van der Waals surface area (Å²) in [6.45, 7) is 6.63. The van der Waals surface area contributed by atoms with Crippen LogP contribution >= 0.6 is 22.6 Å². The van der Waals surface area contributed by atoms with Crippen LogP contribution in [0.25, 0.3) is 11.0 Å². The standard InChI is InChI=1S/C14H19IN4O/c1-4-19(5-2)9-18(3)14(20)13-16-11-7-6-10(15)8-12(11)17-13/h6-8H,4-5,9H2,1-3H3,(H,16,17). The minimum atomic E-state index is -0.0805. The summed E-state index contributed by atoms with van der Waals surface area (Å²) >= 11 is 2.24. The molecule has 0 bridgehead atoms. The van der Waals surface area contributed by atoms with Gasteiger partial charge in [-0.1, -0.05) is 13.8 Å². The molecule has 0 atom stereocenters. The number of carbonyl (C=O) groups is 1. The van der Waals surface area contributed by atoms with Crippen LogP contribution in [0.4, 0.5) is 0 Å². The molecule has 2 rings (SSSR count). The van der Waals surface area contributed by atoms with E-state index in [0.717, 1.165) is 27.7 Å². The van der Waals surface area contributed by atoms with Crippen LogP contribution in [0.3, 0.4) is 0 Å². The van der Waals surface area contributed by atoms with Crippen LogP contribution < -0.4 is 0 Å². The van der Waals surface area contributed by atoms with Gasteiger partial charge in [0.15, 0.2) is 5.82 Å². The Morgan fingerprint density at radius 3 is 2.70 bits per heavy atom. The van der Waals surface area contributed by atoms with Crippen LogP contribution in [0.2, 0.25) is 0 Å². The minimum Gasteiger partial charge on any atom is -0.334 e. The van der Waals surface area contributed by atoms with Crippen molar-refractivity contribution >= 4 is 39.5 Å². The van der Waals surface area contributed by atoms with E-state index in [2.05, 4.69) is 51.3 Å². The Hall–Kier alpha value is -1.15. The number of hydrogen-bond donors (Lipinski definition) is 1. The summed E-state index contributed by atoms with van der Waals surface area (Å²) in [5.41, 5.74) is 1.72. The van der Waals surface area contributed by atoms with Crippen molar-refractivity contribution in [3.63, 3.8) is 0 Å². The van der Waals surface area contributed by atoms with Crippen LogP contribution in [0.1, 0.15) is 24.5 Å². The highest BCUT2D eigenvalue weighted by Crippen LogP contribution is 2.15. The van der Waals surface area contributed by atoms with E-state index in [1.807, 2.05) is 18.2 Å². The predicted octanol–water partition coefficient (Wildman–Crippen LogP) is 2.54. The lowest BCUT2D eigenvalue weighted by atomic mass is 10.3. The number of rotatable bonds is 5. The third-order valence-corrected chi connectivity index (χ3v) is 3.97. The van der Waals surface area contributed by atoms with Crippen LogP contribution in [0.15, 0.2) is 18.2 Å². The zero-order valence-corrected chi connectivity index (χ0v) is 14.1. The summed E-state index contributed by atoms with van der Waals surface area (Å²) in [7, 11) is 1.80. The molecule has 0 unspecified atom stereocenters. The summed E-state index contributed by atoms with van der Waals surface area (Å²) in [6, 6.07) is 5.91. The highest BCUT2D eigenvalue weighted by atomic mass is 127. The van der Waals surface area contributed by atoms with E-state index in [1.54, 1.807) is 11.9 Å². The van der Waals surface area contributed by atoms with Crippen LogP contribution in [-0.2, 0) is 0 Å².